The number of carbonyl (C=O) groups is 1. The lowest BCUT2D eigenvalue weighted by molar-refractivity contribution is -0.204. The maximum absolute atomic E-state index is 12.2. The summed E-state index contributed by atoms with van der Waals surface area (Å²) in [5.41, 5.74) is 0.244. The zero-order chi connectivity index (χ0) is 18.4. The summed E-state index contributed by atoms with van der Waals surface area (Å²) in [4.78, 5) is 16.9. The van der Waals surface area contributed by atoms with Gasteiger partial charge in [0.1, 0.15) is 6.61 Å². The Labute approximate surface area is 158 Å². The van der Waals surface area contributed by atoms with Crippen LogP contribution in [0.4, 0.5) is 0 Å². The predicted octanol–water partition coefficient (Wildman–Crippen LogP) is 2.06. The van der Waals surface area contributed by atoms with Gasteiger partial charge in [0.05, 0.1) is 19.3 Å². The van der Waals surface area contributed by atoms with E-state index in [4.69, 9.17) is 14.2 Å². The Morgan fingerprint density at radius 3 is 2.50 bits per heavy atom. The number of ether oxygens (including phenoxy) is 3. The molecule has 2 heterocycles. The standard InChI is InChI=1S/C20H36N2O4/c1-3-25-16-19(23)21-11-7-17(8-12-21)22-15-18(26-14-13-24-2)20(22)9-5-4-6-10-20/h17-18H,3-16H2,1-2H3. The van der Waals surface area contributed by atoms with Gasteiger partial charge in [0, 0.05) is 44.9 Å². The fourth-order valence-corrected chi connectivity index (χ4v) is 5.08. The maximum Gasteiger partial charge on any atom is 0.248 e. The van der Waals surface area contributed by atoms with Gasteiger partial charge in [0.15, 0.2) is 0 Å². The van der Waals surface area contributed by atoms with Crippen molar-refractivity contribution in [3.8, 4) is 0 Å². The number of rotatable bonds is 8. The third-order valence-corrected chi connectivity index (χ3v) is 6.55. The molecule has 0 N–H and O–H groups in total. The fraction of sp³-hybridized carbons (Fsp3) is 0.950. The topological polar surface area (TPSA) is 51.2 Å². The van der Waals surface area contributed by atoms with Crippen LogP contribution in [-0.2, 0) is 19.0 Å². The third kappa shape index (κ3) is 4.24. The van der Waals surface area contributed by atoms with Crippen LogP contribution >= 0.6 is 0 Å². The highest BCUT2D eigenvalue weighted by molar-refractivity contribution is 5.77. The van der Waals surface area contributed by atoms with E-state index in [1.807, 2.05) is 11.8 Å². The molecule has 1 saturated carbocycles. The summed E-state index contributed by atoms with van der Waals surface area (Å²) in [7, 11) is 1.73. The molecule has 0 aromatic carbocycles. The summed E-state index contributed by atoms with van der Waals surface area (Å²) in [5, 5.41) is 0. The molecule has 6 nitrogen and oxygen atoms in total. The SMILES string of the molecule is CCOCC(=O)N1CCC(N2CC(OCCOC)C23CCCCC3)CC1. The van der Waals surface area contributed by atoms with Gasteiger partial charge < -0.3 is 19.1 Å². The molecule has 1 spiro atoms. The van der Waals surface area contributed by atoms with Crippen LogP contribution in [0.25, 0.3) is 0 Å². The quantitative estimate of drug-likeness (QED) is 0.614. The number of hydrogen-bond donors (Lipinski definition) is 0. The molecule has 2 aliphatic heterocycles. The summed E-state index contributed by atoms with van der Waals surface area (Å²) in [6.07, 6.45) is 9.00. The van der Waals surface area contributed by atoms with Gasteiger partial charge in [0.2, 0.25) is 5.91 Å². The van der Waals surface area contributed by atoms with Crippen LogP contribution < -0.4 is 0 Å². The molecular formula is C20H36N2O4. The molecule has 1 aliphatic carbocycles. The van der Waals surface area contributed by atoms with E-state index in [1.165, 1.54) is 32.1 Å². The molecule has 1 unspecified atom stereocenters. The summed E-state index contributed by atoms with van der Waals surface area (Å²) < 4.78 is 16.6. The fourth-order valence-electron chi connectivity index (χ4n) is 5.08. The minimum Gasteiger partial charge on any atom is -0.382 e. The second kappa shape index (κ2) is 9.49. The van der Waals surface area contributed by atoms with E-state index < -0.39 is 0 Å². The number of nitrogens with zero attached hydrogens (tertiary/aromatic N) is 2. The zero-order valence-electron chi connectivity index (χ0n) is 16.6. The molecule has 0 bridgehead atoms. The van der Waals surface area contributed by atoms with Gasteiger partial charge in [-0.2, -0.15) is 0 Å². The zero-order valence-corrected chi connectivity index (χ0v) is 16.6. The number of piperidine rings is 1. The number of amides is 1. The predicted molar refractivity (Wildman–Crippen MR) is 100 cm³/mol. The lowest BCUT2D eigenvalue weighted by Crippen LogP contribution is -2.75. The normalized spacial score (nSPS) is 26.8. The molecule has 26 heavy (non-hydrogen) atoms. The van der Waals surface area contributed by atoms with Crippen molar-refractivity contribution in [2.24, 2.45) is 0 Å². The van der Waals surface area contributed by atoms with Gasteiger partial charge in [-0.3, -0.25) is 9.69 Å². The lowest BCUT2D eigenvalue weighted by atomic mass is 9.69. The number of carbonyl (C=O) groups excluding carboxylic acids is 1. The maximum atomic E-state index is 12.2. The Balaban J connectivity index is 1.53. The van der Waals surface area contributed by atoms with E-state index in [9.17, 15) is 4.79 Å². The Kier molecular flexibility index (Phi) is 7.32. The first-order chi connectivity index (χ1) is 12.7. The van der Waals surface area contributed by atoms with Gasteiger partial charge >= 0.3 is 0 Å². The Hall–Kier alpha value is -0.690. The highest BCUT2D eigenvalue weighted by Gasteiger charge is 2.56. The molecule has 0 aromatic rings. The molecule has 1 atom stereocenters. The molecule has 0 aromatic heterocycles. The van der Waals surface area contributed by atoms with Crippen LogP contribution in [0.1, 0.15) is 51.9 Å². The highest BCUT2D eigenvalue weighted by atomic mass is 16.5. The van der Waals surface area contributed by atoms with E-state index in [2.05, 4.69) is 4.90 Å². The van der Waals surface area contributed by atoms with E-state index in [0.717, 1.165) is 32.5 Å². The van der Waals surface area contributed by atoms with Crippen molar-refractivity contribution in [3.63, 3.8) is 0 Å². The molecule has 2 saturated heterocycles. The van der Waals surface area contributed by atoms with Gasteiger partial charge in [-0.25, -0.2) is 0 Å². The molecule has 3 rings (SSSR count). The molecule has 6 heteroatoms. The summed E-state index contributed by atoms with van der Waals surface area (Å²) >= 11 is 0. The van der Waals surface area contributed by atoms with Crippen LogP contribution in [0.5, 0.6) is 0 Å². The lowest BCUT2D eigenvalue weighted by Gasteiger charge is -2.63. The second-order valence-corrected chi connectivity index (χ2v) is 7.92. The number of methoxy groups -OCH3 is 1. The van der Waals surface area contributed by atoms with E-state index >= 15 is 0 Å². The summed E-state index contributed by atoms with van der Waals surface area (Å²) in [6.45, 7) is 6.89. The molecule has 150 valence electrons. The minimum atomic E-state index is 0.141. The first-order valence-corrected chi connectivity index (χ1v) is 10.4. The van der Waals surface area contributed by atoms with Crippen molar-refractivity contribution in [1.29, 1.82) is 0 Å². The van der Waals surface area contributed by atoms with Crippen LogP contribution in [0.3, 0.4) is 0 Å². The Morgan fingerprint density at radius 1 is 1.12 bits per heavy atom. The van der Waals surface area contributed by atoms with Gasteiger partial charge in [-0.05, 0) is 32.6 Å². The first-order valence-electron chi connectivity index (χ1n) is 10.4. The number of likely N-dealkylation sites (tertiary alicyclic amines) is 2. The minimum absolute atomic E-state index is 0.141. The Morgan fingerprint density at radius 2 is 1.85 bits per heavy atom. The smallest absolute Gasteiger partial charge is 0.248 e. The molecular weight excluding hydrogens is 332 g/mol. The monoisotopic (exact) mass is 368 g/mol. The van der Waals surface area contributed by atoms with Crippen LogP contribution in [0, 0.1) is 0 Å². The molecule has 3 fully saturated rings. The Bertz CT molecular complexity index is 445. The van der Waals surface area contributed by atoms with Gasteiger partial charge in [0.25, 0.3) is 0 Å². The van der Waals surface area contributed by atoms with Crippen molar-refractivity contribution in [3.05, 3.63) is 0 Å². The van der Waals surface area contributed by atoms with Crippen LogP contribution in [-0.4, -0.2) is 86.6 Å². The average Bonchev–Trinajstić information content (AvgIpc) is 2.69. The second-order valence-electron chi connectivity index (χ2n) is 7.92. The molecule has 0 radical (unpaired) electrons. The van der Waals surface area contributed by atoms with E-state index in [1.54, 1.807) is 7.11 Å². The summed E-state index contributed by atoms with van der Waals surface area (Å²) in [6, 6.07) is 0.589. The largest absolute Gasteiger partial charge is 0.382 e. The third-order valence-electron chi connectivity index (χ3n) is 6.55. The van der Waals surface area contributed by atoms with E-state index in [0.29, 0.717) is 32.0 Å². The molecule has 3 aliphatic rings. The van der Waals surface area contributed by atoms with Gasteiger partial charge in [-0.1, -0.05) is 19.3 Å². The van der Waals surface area contributed by atoms with Crippen molar-refractivity contribution >= 4 is 5.91 Å². The molecule has 1 amide bonds. The van der Waals surface area contributed by atoms with Gasteiger partial charge in [-0.15, -0.1) is 0 Å². The van der Waals surface area contributed by atoms with Crippen molar-refractivity contribution in [1.82, 2.24) is 9.80 Å². The first kappa shape index (κ1) is 20.1. The van der Waals surface area contributed by atoms with Crippen LogP contribution in [0.2, 0.25) is 0 Å². The number of hydrogen-bond acceptors (Lipinski definition) is 5. The van der Waals surface area contributed by atoms with Crippen molar-refractivity contribution < 1.29 is 19.0 Å². The highest BCUT2D eigenvalue weighted by Crippen LogP contribution is 2.47. The van der Waals surface area contributed by atoms with Crippen molar-refractivity contribution in [2.75, 3.05) is 53.2 Å². The van der Waals surface area contributed by atoms with E-state index in [-0.39, 0.29) is 18.1 Å². The van der Waals surface area contributed by atoms with Crippen molar-refractivity contribution in [2.45, 2.75) is 69.6 Å². The average molecular weight is 369 g/mol. The van der Waals surface area contributed by atoms with Crippen LogP contribution in [0.15, 0.2) is 0 Å². The summed E-state index contributed by atoms with van der Waals surface area (Å²) in [5.74, 6) is 0.141.